The predicted molar refractivity (Wildman–Crippen MR) is 152 cm³/mol. The molecule has 5 amide bonds. The van der Waals surface area contributed by atoms with Crippen LogP contribution in [0.4, 0.5) is 0 Å². The van der Waals surface area contributed by atoms with Crippen molar-refractivity contribution in [3.05, 3.63) is 0 Å². The summed E-state index contributed by atoms with van der Waals surface area (Å²) in [5, 5.41) is 5.51. The number of carbonyl (C=O) groups excluding carboxylic acids is 6. The van der Waals surface area contributed by atoms with Gasteiger partial charge in [0.25, 0.3) is 5.91 Å². The van der Waals surface area contributed by atoms with E-state index in [4.69, 9.17) is 4.74 Å². The minimum atomic E-state index is -1.07. The molecule has 2 saturated heterocycles. The van der Waals surface area contributed by atoms with E-state index >= 15 is 0 Å². The predicted octanol–water partition coefficient (Wildman–Crippen LogP) is 0.926. The van der Waals surface area contributed by atoms with E-state index in [1.807, 2.05) is 27.7 Å². The fraction of sp³-hybridized carbons (Fsp3) is 0.793. The first-order chi connectivity index (χ1) is 19.1. The second-order valence-corrected chi connectivity index (χ2v) is 12.3. The average Bonchev–Trinajstić information content (AvgIpc) is 3.38. The first-order valence-corrected chi connectivity index (χ1v) is 14.7. The van der Waals surface area contributed by atoms with E-state index in [2.05, 4.69) is 10.6 Å². The molecule has 2 N–H and O–H groups in total. The van der Waals surface area contributed by atoms with E-state index in [-0.39, 0.29) is 37.1 Å². The van der Waals surface area contributed by atoms with Crippen LogP contribution in [-0.2, 0) is 33.5 Å². The van der Waals surface area contributed by atoms with Crippen LogP contribution in [-0.4, -0.2) is 108 Å². The number of esters is 1. The van der Waals surface area contributed by atoms with Crippen molar-refractivity contribution in [3.8, 4) is 0 Å². The van der Waals surface area contributed by atoms with E-state index in [9.17, 15) is 28.8 Å². The van der Waals surface area contributed by atoms with Gasteiger partial charge >= 0.3 is 5.97 Å². The lowest BCUT2D eigenvalue weighted by atomic mass is 9.97. The number of fused-ring (bicyclic) bond motifs is 1. The number of rotatable bonds is 4. The normalized spacial score (nSPS) is 28.4. The number of likely N-dealkylation sites (N-methyl/N-ethyl adjacent to an activating group) is 2. The Kier molecular flexibility index (Phi) is 12.1. The third-order valence-corrected chi connectivity index (χ3v) is 7.89. The lowest BCUT2D eigenvalue weighted by Crippen LogP contribution is -2.60. The van der Waals surface area contributed by atoms with Gasteiger partial charge in [-0.3, -0.25) is 28.8 Å². The van der Waals surface area contributed by atoms with Crippen molar-refractivity contribution >= 4 is 35.5 Å². The molecule has 0 radical (unpaired) electrons. The molecule has 2 rings (SSSR count). The zero-order valence-electron chi connectivity index (χ0n) is 26.1. The molecule has 0 aromatic heterocycles. The minimum absolute atomic E-state index is 0.0363. The average molecular weight is 580 g/mol. The molecule has 12 heteroatoms. The Morgan fingerprint density at radius 3 is 2.05 bits per heavy atom. The van der Waals surface area contributed by atoms with Gasteiger partial charge in [0, 0.05) is 27.2 Å². The molecule has 2 heterocycles. The first kappa shape index (κ1) is 34.0. The molecular weight excluding hydrogens is 530 g/mol. The van der Waals surface area contributed by atoms with Crippen LogP contribution in [0.2, 0.25) is 0 Å². The molecule has 0 aromatic rings. The van der Waals surface area contributed by atoms with E-state index in [1.54, 1.807) is 20.8 Å². The Hall–Kier alpha value is -3.18. The molecule has 12 nitrogen and oxygen atoms in total. The fourth-order valence-electron chi connectivity index (χ4n) is 5.36. The molecule has 0 spiro atoms. The highest BCUT2D eigenvalue weighted by Gasteiger charge is 2.42. The first-order valence-electron chi connectivity index (χ1n) is 14.7. The van der Waals surface area contributed by atoms with Gasteiger partial charge in [-0.15, -0.1) is 0 Å². The number of hydrogen-bond donors (Lipinski definition) is 2. The SMILES string of the molecule is CC(C)CC1OC(=O)CCNC(=O)C(C)N(C)C(=O)C(C(C)C)N(C)C(=O)C(C(C)C)NC(=O)C2CCCN2C1=O. The Morgan fingerprint density at radius 1 is 0.854 bits per heavy atom. The van der Waals surface area contributed by atoms with E-state index in [1.165, 1.54) is 28.8 Å². The highest BCUT2D eigenvalue weighted by atomic mass is 16.5. The summed E-state index contributed by atoms with van der Waals surface area (Å²) in [5.41, 5.74) is 0. The van der Waals surface area contributed by atoms with Crippen molar-refractivity contribution in [2.75, 3.05) is 27.2 Å². The summed E-state index contributed by atoms with van der Waals surface area (Å²) in [5.74, 6) is -3.45. The molecule has 2 fully saturated rings. The standard InChI is InChI=1S/C29H49N5O7/c1-16(2)15-21-27(38)34-14-10-11-20(34)26(37)31-23(17(3)4)28(39)33(9)24(18(5)6)29(40)32(8)19(7)25(36)30-13-12-22(35)41-21/h16-21,23-24H,10-15H2,1-9H3,(H,30,36)(H,31,37). The maximum atomic E-state index is 13.8. The highest BCUT2D eigenvalue weighted by Crippen LogP contribution is 2.23. The van der Waals surface area contributed by atoms with Crippen LogP contribution in [0, 0.1) is 17.8 Å². The van der Waals surface area contributed by atoms with E-state index in [0.29, 0.717) is 19.4 Å². The van der Waals surface area contributed by atoms with Crippen LogP contribution >= 0.6 is 0 Å². The topological polar surface area (TPSA) is 145 Å². The molecule has 5 atom stereocenters. The summed E-state index contributed by atoms with van der Waals surface area (Å²) in [6.45, 7) is 12.9. The maximum absolute atomic E-state index is 13.8. The quantitative estimate of drug-likeness (QED) is 0.471. The van der Waals surface area contributed by atoms with Gasteiger partial charge in [0.15, 0.2) is 6.10 Å². The molecule has 5 unspecified atom stereocenters. The van der Waals surface area contributed by atoms with Crippen molar-refractivity contribution in [1.82, 2.24) is 25.3 Å². The molecular formula is C29H49N5O7. The zero-order valence-corrected chi connectivity index (χ0v) is 26.1. The molecule has 232 valence electrons. The number of nitrogens with one attached hydrogen (secondary N) is 2. The Morgan fingerprint density at radius 2 is 1.49 bits per heavy atom. The monoisotopic (exact) mass is 579 g/mol. The summed E-state index contributed by atoms with van der Waals surface area (Å²) in [6, 6.07) is -3.53. The Balaban J connectivity index is 2.50. The minimum Gasteiger partial charge on any atom is -0.452 e. The molecule has 0 bridgehead atoms. The maximum Gasteiger partial charge on any atom is 0.308 e. The van der Waals surface area contributed by atoms with Crippen molar-refractivity contribution in [1.29, 1.82) is 0 Å². The summed E-state index contributed by atoms with van der Waals surface area (Å²) >= 11 is 0. The zero-order chi connectivity index (χ0) is 31.2. The van der Waals surface area contributed by atoms with Gasteiger partial charge in [-0.05, 0) is 43.9 Å². The largest absolute Gasteiger partial charge is 0.452 e. The van der Waals surface area contributed by atoms with Crippen molar-refractivity contribution in [2.24, 2.45) is 17.8 Å². The number of ether oxygens (including phenoxy) is 1. The van der Waals surface area contributed by atoms with Crippen molar-refractivity contribution in [3.63, 3.8) is 0 Å². The van der Waals surface area contributed by atoms with Gasteiger partial charge in [-0.2, -0.15) is 0 Å². The molecule has 41 heavy (non-hydrogen) atoms. The molecule has 2 aliphatic rings. The van der Waals surface area contributed by atoms with Crippen LogP contribution in [0.5, 0.6) is 0 Å². The summed E-state index contributed by atoms with van der Waals surface area (Å²) in [4.78, 5) is 84.1. The Labute approximate surface area is 243 Å². The number of hydrogen-bond acceptors (Lipinski definition) is 7. The Bertz CT molecular complexity index is 998. The van der Waals surface area contributed by atoms with Crippen LogP contribution in [0.3, 0.4) is 0 Å². The molecule has 2 aliphatic heterocycles. The van der Waals surface area contributed by atoms with Crippen LogP contribution < -0.4 is 10.6 Å². The van der Waals surface area contributed by atoms with Gasteiger partial charge in [-0.1, -0.05) is 41.5 Å². The van der Waals surface area contributed by atoms with Crippen LogP contribution in [0.1, 0.15) is 74.1 Å². The number of carbonyl (C=O) groups is 6. The fourth-order valence-corrected chi connectivity index (χ4v) is 5.36. The molecule has 0 saturated carbocycles. The van der Waals surface area contributed by atoms with Crippen LogP contribution in [0.15, 0.2) is 0 Å². The summed E-state index contributed by atoms with van der Waals surface area (Å²) in [7, 11) is 3.02. The molecule has 0 aliphatic carbocycles. The highest BCUT2D eigenvalue weighted by molar-refractivity contribution is 5.96. The third kappa shape index (κ3) is 8.42. The lowest BCUT2D eigenvalue weighted by molar-refractivity contribution is -0.162. The summed E-state index contributed by atoms with van der Waals surface area (Å²) in [6.07, 6.45) is 0.0461. The van der Waals surface area contributed by atoms with Gasteiger partial charge in [0.2, 0.25) is 23.6 Å². The van der Waals surface area contributed by atoms with E-state index < -0.39 is 65.8 Å². The number of nitrogens with zero attached hydrogens (tertiary/aromatic N) is 3. The second kappa shape index (κ2) is 14.6. The van der Waals surface area contributed by atoms with Gasteiger partial charge in [0.05, 0.1) is 6.42 Å². The van der Waals surface area contributed by atoms with Crippen LogP contribution in [0.25, 0.3) is 0 Å². The van der Waals surface area contributed by atoms with Crippen molar-refractivity contribution in [2.45, 2.75) is 104 Å². The van der Waals surface area contributed by atoms with Gasteiger partial charge in [-0.25, -0.2) is 0 Å². The van der Waals surface area contributed by atoms with Crippen molar-refractivity contribution < 1.29 is 33.5 Å². The molecule has 0 aromatic carbocycles. The third-order valence-electron chi connectivity index (χ3n) is 7.89. The summed E-state index contributed by atoms with van der Waals surface area (Å²) < 4.78 is 5.58. The number of amides is 5. The van der Waals surface area contributed by atoms with Gasteiger partial charge < -0.3 is 30.1 Å². The lowest BCUT2D eigenvalue weighted by Gasteiger charge is -2.37. The van der Waals surface area contributed by atoms with E-state index in [0.717, 1.165) is 0 Å². The smallest absolute Gasteiger partial charge is 0.308 e. The number of cyclic esters (lactones) is 1. The second-order valence-electron chi connectivity index (χ2n) is 12.3. The van der Waals surface area contributed by atoms with Gasteiger partial charge in [0.1, 0.15) is 24.2 Å².